The number of amides is 1. The number of piperidine rings is 1. The minimum Gasteiger partial charge on any atom is -0.342 e. The van der Waals surface area contributed by atoms with Gasteiger partial charge in [-0.1, -0.05) is 48.9 Å². The Morgan fingerprint density at radius 1 is 1.32 bits per heavy atom. The first-order chi connectivity index (χ1) is 10.7. The van der Waals surface area contributed by atoms with Gasteiger partial charge in [-0.3, -0.25) is 4.79 Å². The third-order valence-corrected chi connectivity index (χ3v) is 4.53. The number of likely N-dealkylation sites (N-methyl/N-ethyl adjacent to an activating group) is 1. The molecule has 120 valence electrons. The summed E-state index contributed by atoms with van der Waals surface area (Å²) in [5.74, 6) is 0.247. The second-order valence-electron chi connectivity index (χ2n) is 6.26. The van der Waals surface area contributed by atoms with Gasteiger partial charge in [-0.25, -0.2) is 0 Å². The summed E-state index contributed by atoms with van der Waals surface area (Å²) in [6, 6.07) is 10.8. The van der Waals surface area contributed by atoms with Crippen molar-refractivity contribution in [2.75, 3.05) is 27.2 Å². The summed E-state index contributed by atoms with van der Waals surface area (Å²) in [6.07, 6.45) is 9.61. The number of carbonyl (C=O) groups is 1. The van der Waals surface area contributed by atoms with Crippen LogP contribution >= 0.6 is 0 Å². The molecule has 22 heavy (non-hydrogen) atoms. The molecule has 1 fully saturated rings. The SMILES string of the molecule is CN(CC=Cc1ccccc1)C(=O)CCC1CCCCN1C. The van der Waals surface area contributed by atoms with Gasteiger partial charge in [0.15, 0.2) is 0 Å². The molecule has 1 aliphatic heterocycles. The minimum atomic E-state index is 0.247. The first kappa shape index (κ1) is 16.8. The molecule has 1 aromatic rings. The van der Waals surface area contributed by atoms with Gasteiger partial charge >= 0.3 is 0 Å². The number of rotatable bonds is 6. The maximum Gasteiger partial charge on any atom is 0.222 e. The van der Waals surface area contributed by atoms with Gasteiger partial charge in [0, 0.05) is 26.1 Å². The van der Waals surface area contributed by atoms with Crippen LogP contribution in [-0.2, 0) is 4.79 Å². The molecule has 1 heterocycles. The Labute approximate surface area is 134 Å². The van der Waals surface area contributed by atoms with Crippen LogP contribution in [0.25, 0.3) is 6.08 Å². The lowest BCUT2D eigenvalue weighted by atomic mass is 9.98. The fourth-order valence-corrected chi connectivity index (χ4v) is 3.00. The second kappa shape index (κ2) is 8.74. The molecule has 0 N–H and O–H groups in total. The Hall–Kier alpha value is -1.61. The average molecular weight is 300 g/mol. The van der Waals surface area contributed by atoms with Gasteiger partial charge in [0.1, 0.15) is 0 Å². The summed E-state index contributed by atoms with van der Waals surface area (Å²) >= 11 is 0. The van der Waals surface area contributed by atoms with Crippen LogP contribution in [0, 0.1) is 0 Å². The largest absolute Gasteiger partial charge is 0.342 e. The summed E-state index contributed by atoms with van der Waals surface area (Å²) in [5.41, 5.74) is 1.17. The van der Waals surface area contributed by atoms with Gasteiger partial charge in [0.25, 0.3) is 0 Å². The zero-order valence-electron chi connectivity index (χ0n) is 13.9. The van der Waals surface area contributed by atoms with Crippen LogP contribution in [-0.4, -0.2) is 48.9 Å². The number of nitrogens with zero attached hydrogens (tertiary/aromatic N) is 2. The zero-order chi connectivity index (χ0) is 15.8. The quantitative estimate of drug-likeness (QED) is 0.803. The van der Waals surface area contributed by atoms with Crippen molar-refractivity contribution in [2.45, 2.75) is 38.1 Å². The highest BCUT2D eigenvalue weighted by Gasteiger charge is 2.20. The number of likely N-dealkylation sites (tertiary alicyclic amines) is 1. The summed E-state index contributed by atoms with van der Waals surface area (Å²) in [4.78, 5) is 16.4. The van der Waals surface area contributed by atoms with Crippen molar-refractivity contribution in [3.63, 3.8) is 0 Å². The number of hydrogen-bond acceptors (Lipinski definition) is 2. The lowest BCUT2D eigenvalue weighted by Crippen LogP contribution is -2.37. The van der Waals surface area contributed by atoms with Crippen LogP contribution in [0.3, 0.4) is 0 Å². The van der Waals surface area contributed by atoms with Crippen molar-refractivity contribution in [3.8, 4) is 0 Å². The van der Waals surface area contributed by atoms with Crippen molar-refractivity contribution in [2.24, 2.45) is 0 Å². The smallest absolute Gasteiger partial charge is 0.222 e. The van der Waals surface area contributed by atoms with Gasteiger partial charge in [-0.2, -0.15) is 0 Å². The molecule has 0 aliphatic carbocycles. The third-order valence-electron chi connectivity index (χ3n) is 4.53. The van der Waals surface area contributed by atoms with Crippen molar-refractivity contribution in [1.29, 1.82) is 0 Å². The predicted molar refractivity (Wildman–Crippen MR) is 92.6 cm³/mol. The van der Waals surface area contributed by atoms with Crippen LogP contribution in [0.15, 0.2) is 36.4 Å². The number of carbonyl (C=O) groups excluding carboxylic acids is 1. The van der Waals surface area contributed by atoms with Crippen LogP contribution < -0.4 is 0 Å². The molecule has 3 heteroatoms. The van der Waals surface area contributed by atoms with E-state index in [1.807, 2.05) is 30.1 Å². The van der Waals surface area contributed by atoms with E-state index in [2.05, 4.69) is 36.2 Å². The van der Waals surface area contributed by atoms with Gasteiger partial charge in [0.05, 0.1) is 0 Å². The van der Waals surface area contributed by atoms with Crippen molar-refractivity contribution >= 4 is 12.0 Å². The lowest BCUT2D eigenvalue weighted by Gasteiger charge is -2.32. The van der Waals surface area contributed by atoms with Crippen LogP contribution in [0.1, 0.15) is 37.7 Å². The highest BCUT2D eigenvalue weighted by molar-refractivity contribution is 5.76. The highest BCUT2D eigenvalue weighted by atomic mass is 16.2. The molecular formula is C19H28N2O. The van der Waals surface area contributed by atoms with E-state index in [1.54, 1.807) is 0 Å². The Balaban J connectivity index is 1.71. The minimum absolute atomic E-state index is 0.247. The molecule has 1 aliphatic rings. The van der Waals surface area contributed by atoms with Crippen molar-refractivity contribution < 1.29 is 4.79 Å². The summed E-state index contributed by atoms with van der Waals surface area (Å²) in [5, 5.41) is 0. The first-order valence-electron chi connectivity index (χ1n) is 8.32. The summed E-state index contributed by atoms with van der Waals surface area (Å²) in [7, 11) is 4.07. The predicted octanol–water partition coefficient (Wildman–Crippen LogP) is 3.42. The van der Waals surface area contributed by atoms with Gasteiger partial charge in [-0.05, 0) is 38.4 Å². The molecule has 0 bridgehead atoms. The van der Waals surface area contributed by atoms with E-state index in [1.165, 1.54) is 31.4 Å². The molecule has 1 amide bonds. The Bertz CT molecular complexity index is 483. The molecule has 0 radical (unpaired) electrons. The Morgan fingerprint density at radius 3 is 2.82 bits per heavy atom. The fourth-order valence-electron chi connectivity index (χ4n) is 3.00. The molecule has 1 saturated heterocycles. The standard InChI is InChI=1S/C19H28N2O/c1-20-15-7-6-12-18(20)13-14-19(22)21(2)16-8-11-17-9-4-3-5-10-17/h3-5,8-11,18H,6-7,12-16H2,1-2H3. The molecule has 3 nitrogen and oxygen atoms in total. The molecule has 1 aromatic carbocycles. The maximum atomic E-state index is 12.2. The van der Waals surface area contributed by atoms with Crippen LogP contribution in [0.5, 0.6) is 0 Å². The van der Waals surface area contributed by atoms with Crippen LogP contribution in [0.2, 0.25) is 0 Å². The van der Waals surface area contributed by atoms with E-state index < -0.39 is 0 Å². The van der Waals surface area contributed by atoms with Gasteiger partial charge < -0.3 is 9.80 Å². The Morgan fingerprint density at radius 2 is 2.09 bits per heavy atom. The number of benzene rings is 1. The van der Waals surface area contributed by atoms with Crippen LogP contribution in [0.4, 0.5) is 0 Å². The van der Waals surface area contributed by atoms with Gasteiger partial charge in [0.2, 0.25) is 5.91 Å². The lowest BCUT2D eigenvalue weighted by molar-refractivity contribution is -0.129. The second-order valence-corrected chi connectivity index (χ2v) is 6.26. The van der Waals surface area contributed by atoms with E-state index in [0.29, 0.717) is 19.0 Å². The molecule has 0 saturated carbocycles. The van der Waals surface area contributed by atoms with E-state index in [-0.39, 0.29) is 5.91 Å². The zero-order valence-corrected chi connectivity index (χ0v) is 13.9. The molecule has 0 aromatic heterocycles. The van der Waals surface area contributed by atoms with Crippen molar-refractivity contribution in [1.82, 2.24) is 9.80 Å². The Kier molecular flexibility index (Phi) is 6.66. The summed E-state index contributed by atoms with van der Waals surface area (Å²) in [6.45, 7) is 1.85. The third kappa shape index (κ3) is 5.30. The highest BCUT2D eigenvalue weighted by Crippen LogP contribution is 2.19. The van der Waals surface area contributed by atoms with E-state index in [0.717, 1.165) is 6.42 Å². The molecular weight excluding hydrogens is 272 g/mol. The monoisotopic (exact) mass is 300 g/mol. The fraction of sp³-hybridized carbons (Fsp3) is 0.526. The molecule has 0 spiro atoms. The van der Waals surface area contributed by atoms with E-state index in [4.69, 9.17) is 0 Å². The molecule has 2 rings (SSSR count). The van der Waals surface area contributed by atoms with E-state index in [9.17, 15) is 4.79 Å². The average Bonchev–Trinajstić information content (AvgIpc) is 2.54. The maximum absolute atomic E-state index is 12.2. The molecule has 1 atom stereocenters. The topological polar surface area (TPSA) is 23.6 Å². The first-order valence-corrected chi connectivity index (χ1v) is 8.32. The molecule has 1 unspecified atom stereocenters. The van der Waals surface area contributed by atoms with E-state index >= 15 is 0 Å². The van der Waals surface area contributed by atoms with Crippen molar-refractivity contribution in [3.05, 3.63) is 42.0 Å². The summed E-state index contributed by atoms with van der Waals surface area (Å²) < 4.78 is 0. The van der Waals surface area contributed by atoms with Gasteiger partial charge in [-0.15, -0.1) is 0 Å². The normalized spacial score (nSPS) is 19.5. The number of hydrogen-bond donors (Lipinski definition) is 0.